The molecule has 1 aliphatic rings. The van der Waals surface area contributed by atoms with E-state index in [-0.39, 0.29) is 0 Å². The van der Waals surface area contributed by atoms with Crippen LogP contribution in [0.4, 0.5) is 0 Å². The van der Waals surface area contributed by atoms with Crippen LogP contribution in [0.15, 0.2) is 12.4 Å². The van der Waals surface area contributed by atoms with Gasteiger partial charge < -0.3 is 10.1 Å². The highest BCUT2D eigenvalue weighted by molar-refractivity contribution is 5.13. The Bertz CT molecular complexity index is 324. The summed E-state index contributed by atoms with van der Waals surface area (Å²) in [5.74, 6) is 1.33. The first kappa shape index (κ1) is 11.3. The summed E-state index contributed by atoms with van der Waals surface area (Å²) in [6.07, 6.45) is 4.99. The summed E-state index contributed by atoms with van der Waals surface area (Å²) in [6, 6.07) is 1.93. The summed E-state index contributed by atoms with van der Waals surface area (Å²) in [4.78, 5) is 8.27. The quantitative estimate of drug-likeness (QED) is 0.835. The molecule has 1 aromatic heterocycles. The van der Waals surface area contributed by atoms with Gasteiger partial charge in [0, 0.05) is 24.2 Å². The zero-order chi connectivity index (χ0) is 11.2. The average Bonchev–Trinajstić information content (AvgIpc) is 2.38. The second-order valence-electron chi connectivity index (χ2n) is 4.22. The standard InChI is InChI=1S/C12H19N3O/c1-2-11-6-12(15-9-14-11)16-8-10-4-3-5-13-7-10/h6,9-10,13H,2-5,7-8H2,1H3. The number of hydrogen-bond donors (Lipinski definition) is 1. The van der Waals surface area contributed by atoms with E-state index in [9.17, 15) is 0 Å². The van der Waals surface area contributed by atoms with Crippen LogP contribution in [0.5, 0.6) is 5.88 Å². The number of rotatable bonds is 4. The van der Waals surface area contributed by atoms with Crippen molar-refractivity contribution in [1.29, 1.82) is 0 Å². The highest BCUT2D eigenvalue weighted by Gasteiger charge is 2.13. The first-order valence-electron chi connectivity index (χ1n) is 6.03. The minimum absolute atomic E-state index is 0.619. The molecule has 4 nitrogen and oxygen atoms in total. The fourth-order valence-electron chi connectivity index (χ4n) is 1.92. The lowest BCUT2D eigenvalue weighted by atomic mass is 10.0. The van der Waals surface area contributed by atoms with Gasteiger partial charge in [-0.2, -0.15) is 0 Å². The van der Waals surface area contributed by atoms with Crippen molar-refractivity contribution in [3.63, 3.8) is 0 Å². The lowest BCUT2D eigenvalue weighted by molar-refractivity contribution is 0.211. The molecule has 4 heteroatoms. The molecule has 0 spiro atoms. The molecule has 1 atom stereocenters. The molecular weight excluding hydrogens is 202 g/mol. The predicted molar refractivity (Wildman–Crippen MR) is 62.5 cm³/mol. The van der Waals surface area contributed by atoms with E-state index >= 15 is 0 Å². The van der Waals surface area contributed by atoms with Crippen molar-refractivity contribution in [2.45, 2.75) is 26.2 Å². The number of nitrogens with zero attached hydrogens (tertiary/aromatic N) is 2. The van der Waals surface area contributed by atoms with E-state index in [1.807, 2.05) is 6.07 Å². The zero-order valence-electron chi connectivity index (χ0n) is 9.78. The summed E-state index contributed by atoms with van der Waals surface area (Å²) in [5.41, 5.74) is 1.03. The summed E-state index contributed by atoms with van der Waals surface area (Å²) in [7, 11) is 0. The van der Waals surface area contributed by atoms with Crippen LogP contribution in [-0.2, 0) is 6.42 Å². The highest BCUT2D eigenvalue weighted by atomic mass is 16.5. The van der Waals surface area contributed by atoms with Gasteiger partial charge in [0.25, 0.3) is 0 Å². The fraction of sp³-hybridized carbons (Fsp3) is 0.667. The number of hydrogen-bond acceptors (Lipinski definition) is 4. The fourth-order valence-corrected chi connectivity index (χ4v) is 1.92. The third-order valence-corrected chi connectivity index (χ3v) is 2.93. The molecular formula is C12H19N3O. The molecule has 1 fully saturated rings. The van der Waals surface area contributed by atoms with Crippen molar-refractivity contribution in [1.82, 2.24) is 15.3 Å². The Hall–Kier alpha value is -1.16. The van der Waals surface area contributed by atoms with Gasteiger partial charge in [-0.05, 0) is 25.8 Å². The third-order valence-electron chi connectivity index (χ3n) is 2.93. The second kappa shape index (κ2) is 5.80. The molecule has 1 aliphatic heterocycles. The van der Waals surface area contributed by atoms with E-state index in [0.29, 0.717) is 11.8 Å². The van der Waals surface area contributed by atoms with Gasteiger partial charge in [-0.25, -0.2) is 9.97 Å². The van der Waals surface area contributed by atoms with Crippen LogP contribution in [0.25, 0.3) is 0 Å². The SMILES string of the molecule is CCc1cc(OCC2CCCNC2)ncn1. The Balaban J connectivity index is 1.83. The van der Waals surface area contributed by atoms with Gasteiger partial charge in [-0.15, -0.1) is 0 Å². The third kappa shape index (κ3) is 3.17. The van der Waals surface area contributed by atoms with Crippen molar-refractivity contribution in [2.24, 2.45) is 5.92 Å². The summed E-state index contributed by atoms with van der Waals surface area (Å²) in [5, 5.41) is 3.38. The molecule has 88 valence electrons. The number of piperidine rings is 1. The molecule has 2 rings (SSSR count). The van der Waals surface area contributed by atoms with Gasteiger partial charge in [0.05, 0.1) is 6.61 Å². The van der Waals surface area contributed by atoms with Gasteiger partial charge in [0.1, 0.15) is 6.33 Å². The van der Waals surface area contributed by atoms with Gasteiger partial charge in [0.15, 0.2) is 0 Å². The summed E-state index contributed by atoms with van der Waals surface area (Å²) in [6.45, 7) is 5.04. The maximum absolute atomic E-state index is 5.70. The Labute approximate surface area is 96.4 Å². The minimum Gasteiger partial charge on any atom is -0.477 e. The van der Waals surface area contributed by atoms with Crippen LogP contribution in [0.3, 0.4) is 0 Å². The topological polar surface area (TPSA) is 47.0 Å². The molecule has 2 heterocycles. The van der Waals surface area contributed by atoms with Crippen LogP contribution in [-0.4, -0.2) is 29.7 Å². The van der Waals surface area contributed by atoms with E-state index in [2.05, 4.69) is 22.2 Å². The Morgan fingerprint density at radius 2 is 2.44 bits per heavy atom. The largest absolute Gasteiger partial charge is 0.477 e. The molecule has 16 heavy (non-hydrogen) atoms. The molecule has 0 saturated carbocycles. The zero-order valence-corrected chi connectivity index (χ0v) is 9.78. The van der Waals surface area contributed by atoms with Gasteiger partial charge in [0.2, 0.25) is 5.88 Å². The first-order valence-corrected chi connectivity index (χ1v) is 6.03. The van der Waals surface area contributed by atoms with E-state index in [0.717, 1.165) is 31.8 Å². The first-order chi connectivity index (χ1) is 7.88. The Morgan fingerprint density at radius 3 is 3.19 bits per heavy atom. The highest BCUT2D eigenvalue weighted by Crippen LogP contribution is 2.13. The van der Waals surface area contributed by atoms with Crippen molar-refractivity contribution in [3.05, 3.63) is 18.1 Å². The van der Waals surface area contributed by atoms with Crippen molar-refractivity contribution in [2.75, 3.05) is 19.7 Å². The monoisotopic (exact) mass is 221 g/mol. The molecule has 0 amide bonds. The van der Waals surface area contributed by atoms with Crippen molar-refractivity contribution >= 4 is 0 Å². The maximum atomic E-state index is 5.70. The predicted octanol–water partition coefficient (Wildman–Crippen LogP) is 1.42. The van der Waals surface area contributed by atoms with Crippen LogP contribution in [0.2, 0.25) is 0 Å². The molecule has 1 aromatic rings. The molecule has 1 saturated heterocycles. The molecule has 0 aromatic carbocycles. The molecule has 0 aliphatic carbocycles. The Morgan fingerprint density at radius 1 is 1.50 bits per heavy atom. The Kier molecular flexibility index (Phi) is 4.10. The smallest absolute Gasteiger partial charge is 0.216 e. The second-order valence-corrected chi connectivity index (χ2v) is 4.22. The number of ether oxygens (including phenoxy) is 1. The van der Waals surface area contributed by atoms with Gasteiger partial charge in [-0.1, -0.05) is 6.92 Å². The lowest BCUT2D eigenvalue weighted by Crippen LogP contribution is -2.33. The van der Waals surface area contributed by atoms with Gasteiger partial charge in [-0.3, -0.25) is 0 Å². The molecule has 0 radical (unpaired) electrons. The summed E-state index contributed by atoms with van der Waals surface area (Å²) < 4.78 is 5.70. The van der Waals surface area contributed by atoms with E-state index in [4.69, 9.17) is 4.74 Å². The minimum atomic E-state index is 0.619. The van der Waals surface area contributed by atoms with Gasteiger partial charge >= 0.3 is 0 Å². The van der Waals surface area contributed by atoms with Crippen LogP contribution >= 0.6 is 0 Å². The number of aryl methyl sites for hydroxylation is 1. The average molecular weight is 221 g/mol. The van der Waals surface area contributed by atoms with Crippen LogP contribution in [0, 0.1) is 5.92 Å². The van der Waals surface area contributed by atoms with Crippen molar-refractivity contribution in [3.8, 4) is 5.88 Å². The summed E-state index contributed by atoms with van der Waals surface area (Å²) >= 11 is 0. The number of aromatic nitrogens is 2. The van der Waals surface area contributed by atoms with E-state index < -0.39 is 0 Å². The van der Waals surface area contributed by atoms with Crippen LogP contribution < -0.4 is 10.1 Å². The van der Waals surface area contributed by atoms with E-state index in [1.165, 1.54) is 12.8 Å². The molecule has 0 bridgehead atoms. The number of nitrogens with one attached hydrogen (secondary N) is 1. The van der Waals surface area contributed by atoms with Crippen molar-refractivity contribution < 1.29 is 4.74 Å². The maximum Gasteiger partial charge on any atom is 0.216 e. The van der Waals surface area contributed by atoms with E-state index in [1.54, 1.807) is 6.33 Å². The van der Waals surface area contributed by atoms with Crippen LogP contribution in [0.1, 0.15) is 25.5 Å². The molecule has 1 unspecified atom stereocenters. The normalized spacial score (nSPS) is 20.7. The molecule has 1 N–H and O–H groups in total. The lowest BCUT2D eigenvalue weighted by Gasteiger charge is -2.22.